The second-order valence-electron chi connectivity index (χ2n) is 7.55. The zero-order chi connectivity index (χ0) is 21.8. The molecule has 0 radical (unpaired) electrons. The van der Waals surface area contributed by atoms with Crippen LogP contribution >= 0.6 is 0 Å². The highest BCUT2D eigenvalue weighted by atomic mass is 19.1. The monoisotopic (exact) mass is 421 g/mol. The highest BCUT2D eigenvalue weighted by Crippen LogP contribution is 2.29. The number of halogens is 1. The van der Waals surface area contributed by atoms with E-state index in [0.717, 1.165) is 13.0 Å². The fourth-order valence-electron chi connectivity index (χ4n) is 4.02. The lowest BCUT2D eigenvalue weighted by Gasteiger charge is -2.33. The molecule has 0 fully saturated rings. The summed E-state index contributed by atoms with van der Waals surface area (Å²) in [5.41, 5.74) is 3.73. The fraction of sp³-hybridized carbons (Fsp3) is 0.250. The first-order valence-corrected chi connectivity index (χ1v) is 10.2. The van der Waals surface area contributed by atoms with E-state index in [2.05, 4.69) is 33.7 Å². The highest BCUT2D eigenvalue weighted by Gasteiger charge is 2.34. The van der Waals surface area contributed by atoms with E-state index < -0.39 is 23.9 Å². The van der Waals surface area contributed by atoms with Gasteiger partial charge in [-0.15, -0.1) is 0 Å². The number of esters is 1. The lowest BCUT2D eigenvalue weighted by molar-refractivity contribution is -0.136. The number of methoxy groups -OCH3 is 1. The van der Waals surface area contributed by atoms with Crippen LogP contribution in [0.5, 0.6) is 0 Å². The van der Waals surface area contributed by atoms with Crippen molar-refractivity contribution in [3.8, 4) is 0 Å². The minimum Gasteiger partial charge on any atom is -0.466 e. The van der Waals surface area contributed by atoms with Crippen LogP contribution in [0.15, 0.2) is 71.9 Å². The van der Waals surface area contributed by atoms with Crippen LogP contribution in [0.4, 0.5) is 9.18 Å². The van der Waals surface area contributed by atoms with Crippen molar-refractivity contribution in [2.24, 2.45) is 0 Å². The summed E-state index contributed by atoms with van der Waals surface area (Å²) in [4.78, 5) is 27.1. The van der Waals surface area contributed by atoms with Crippen molar-refractivity contribution in [3.63, 3.8) is 0 Å². The van der Waals surface area contributed by atoms with Crippen molar-refractivity contribution in [3.05, 3.63) is 88.9 Å². The average molecular weight is 421 g/mol. The maximum Gasteiger partial charge on any atom is 0.338 e. The Labute approximate surface area is 180 Å². The Morgan fingerprint density at radius 3 is 2.68 bits per heavy atom. The average Bonchev–Trinajstić information content (AvgIpc) is 2.79. The van der Waals surface area contributed by atoms with E-state index in [1.54, 1.807) is 12.1 Å². The number of benzene rings is 2. The van der Waals surface area contributed by atoms with Crippen molar-refractivity contribution in [1.82, 2.24) is 15.5 Å². The quantitative estimate of drug-likeness (QED) is 0.726. The van der Waals surface area contributed by atoms with Gasteiger partial charge in [-0.3, -0.25) is 4.90 Å². The van der Waals surface area contributed by atoms with Crippen molar-refractivity contribution in [2.75, 3.05) is 26.7 Å². The van der Waals surface area contributed by atoms with Crippen LogP contribution in [0.3, 0.4) is 0 Å². The van der Waals surface area contributed by atoms with Gasteiger partial charge in [0.1, 0.15) is 5.82 Å². The molecule has 0 bridgehead atoms. The Bertz CT molecular complexity index is 1050. The molecule has 2 aliphatic heterocycles. The van der Waals surface area contributed by atoms with E-state index in [0.29, 0.717) is 24.4 Å². The summed E-state index contributed by atoms with van der Waals surface area (Å²) in [5.74, 6) is -1.00. The normalized spacial score (nSPS) is 19.4. The first-order valence-electron chi connectivity index (χ1n) is 10.2. The number of hydrogen-bond acceptors (Lipinski definition) is 4. The number of urea groups is 1. The first kappa shape index (κ1) is 20.8. The van der Waals surface area contributed by atoms with Gasteiger partial charge in [-0.05, 0) is 35.3 Å². The number of hydrogen-bond donors (Lipinski definition) is 2. The number of rotatable bonds is 5. The molecule has 31 heavy (non-hydrogen) atoms. The Balaban J connectivity index is 1.60. The molecule has 2 N–H and O–H groups in total. The van der Waals surface area contributed by atoms with Crippen LogP contribution in [-0.4, -0.2) is 43.6 Å². The maximum absolute atomic E-state index is 13.8. The minimum atomic E-state index is -0.785. The van der Waals surface area contributed by atoms with Crippen LogP contribution in [0, 0.1) is 5.82 Å². The predicted octanol–water partition coefficient (Wildman–Crippen LogP) is 3.40. The van der Waals surface area contributed by atoms with Gasteiger partial charge in [-0.2, -0.15) is 0 Å². The van der Waals surface area contributed by atoms with Crippen molar-refractivity contribution >= 4 is 17.6 Å². The number of ether oxygens (including phenoxy) is 1. The molecule has 0 aromatic heterocycles. The maximum atomic E-state index is 13.8. The lowest BCUT2D eigenvalue weighted by atomic mass is 9.94. The summed E-state index contributed by atoms with van der Waals surface area (Å²) in [6.07, 6.45) is 3.04. The molecule has 2 aromatic rings. The third-order valence-electron chi connectivity index (χ3n) is 5.56. The van der Waals surface area contributed by atoms with Gasteiger partial charge in [0.15, 0.2) is 0 Å². The first-order chi connectivity index (χ1) is 15.0. The van der Waals surface area contributed by atoms with Gasteiger partial charge in [0.25, 0.3) is 0 Å². The van der Waals surface area contributed by atoms with Crippen LogP contribution < -0.4 is 10.6 Å². The molecule has 7 heteroatoms. The molecule has 4 rings (SSSR count). The number of carbonyl (C=O) groups excluding carboxylic acids is 2. The van der Waals surface area contributed by atoms with Crippen LogP contribution in [-0.2, 0) is 9.53 Å². The second kappa shape index (κ2) is 9.14. The van der Waals surface area contributed by atoms with Gasteiger partial charge in [-0.25, -0.2) is 14.0 Å². The van der Waals surface area contributed by atoms with E-state index in [4.69, 9.17) is 4.74 Å². The Morgan fingerprint density at radius 2 is 2.00 bits per heavy atom. The molecule has 0 spiro atoms. The Hall–Kier alpha value is -3.45. The van der Waals surface area contributed by atoms with Gasteiger partial charge < -0.3 is 15.4 Å². The van der Waals surface area contributed by atoms with Crippen molar-refractivity contribution in [2.45, 2.75) is 12.5 Å². The Morgan fingerprint density at radius 1 is 1.19 bits per heavy atom. The van der Waals surface area contributed by atoms with Gasteiger partial charge in [0, 0.05) is 25.3 Å². The van der Waals surface area contributed by atoms with Crippen molar-refractivity contribution in [1.29, 1.82) is 0 Å². The molecule has 0 saturated carbocycles. The summed E-state index contributed by atoms with van der Waals surface area (Å²) in [6, 6.07) is 14.9. The summed E-state index contributed by atoms with van der Waals surface area (Å²) >= 11 is 0. The van der Waals surface area contributed by atoms with Crippen molar-refractivity contribution < 1.29 is 18.7 Å². The van der Waals surface area contributed by atoms with Gasteiger partial charge in [0.2, 0.25) is 0 Å². The third-order valence-corrected chi connectivity index (χ3v) is 5.56. The molecule has 0 saturated heterocycles. The van der Waals surface area contributed by atoms with Crippen LogP contribution in [0.2, 0.25) is 0 Å². The predicted molar refractivity (Wildman–Crippen MR) is 115 cm³/mol. The smallest absolute Gasteiger partial charge is 0.338 e. The van der Waals surface area contributed by atoms with Gasteiger partial charge in [-0.1, -0.05) is 48.5 Å². The number of nitrogens with zero attached hydrogens (tertiary/aromatic N) is 1. The molecule has 6 nitrogen and oxygen atoms in total. The largest absolute Gasteiger partial charge is 0.466 e. The summed E-state index contributed by atoms with van der Waals surface area (Å²) in [5, 5.41) is 5.47. The Kier molecular flexibility index (Phi) is 6.13. The standard InChI is InChI=1S/C24H24FN3O3/c1-31-23(29)21-20(26-24(30)27-22(21)18-8-5-9-19(25)14-18)15-28-12-10-17(11-13-28)16-6-3-2-4-7-16/h2-10,14,22H,11-13,15H2,1H3,(H2,26,27,30). The van der Waals surface area contributed by atoms with E-state index in [1.165, 1.54) is 30.4 Å². The summed E-state index contributed by atoms with van der Waals surface area (Å²) < 4.78 is 18.8. The molecular formula is C24H24FN3O3. The highest BCUT2D eigenvalue weighted by molar-refractivity contribution is 5.95. The number of amides is 2. The molecule has 1 atom stereocenters. The molecule has 2 aliphatic rings. The molecular weight excluding hydrogens is 397 g/mol. The number of carbonyl (C=O) groups is 2. The fourth-order valence-corrected chi connectivity index (χ4v) is 4.02. The van der Waals surface area contributed by atoms with E-state index >= 15 is 0 Å². The molecule has 2 amide bonds. The third kappa shape index (κ3) is 4.67. The number of nitrogens with one attached hydrogen (secondary N) is 2. The van der Waals surface area contributed by atoms with Crippen LogP contribution in [0.25, 0.3) is 5.57 Å². The minimum absolute atomic E-state index is 0.283. The summed E-state index contributed by atoms with van der Waals surface area (Å²) in [6.45, 7) is 1.85. The SMILES string of the molecule is COC(=O)C1=C(CN2CC=C(c3ccccc3)CC2)NC(=O)NC1c1cccc(F)c1. The summed E-state index contributed by atoms with van der Waals surface area (Å²) in [7, 11) is 1.29. The van der Waals surface area contributed by atoms with Gasteiger partial charge >= 0.3 is 12.0 Å². The van der Waals surface area contributed by atoms with E-state index in [-0.39, 0.29) is 5.57 Å². The zero-order valence-corrected chi connectivity index (χ0v) is 17.2. The second-order valence-corrected chi connectivity index (χ2v) is 7.55. The molecule has 2 heterocycles. The molecule has 2 aromatic carbocycles. The van der Waals surface area contributed by atoms with E-state index in [9.17, 15) is 14.0 Å². The van der Waals surface area contributed by atoms with Gasteiger partial charge in [0.05, 0.1) is 18.7 Å². The molecule has 0 aliphatic carbocycles. The molecule has 1 unspecified atom stereocenters. The lowest BCUT2D eigenvalue weighted by Crippen LogP contribution is -2.48. The molecule has 160 valence electrons. The topological polar surface area (TPSA) is 70.7 Å². The van der Waals surface area contributed by atoms with Crippen LogP contribution in [0.1, 0.15) is 23.6 Å². The zero-order valence-electron chi connectivity index (χ0n) is 17.2. The van der Waals surface area contributed by atoms with E-state index in [1.807, 2.05) is 18.2 Å².